The van der Waals surface area contributed by atoms with Crippen LogP contribution in [0.25, 0.3) is 0 Å². The molecule has 0 amide bonds. The summed E-state index contributed by atoms with van der Waals surface area (Å²) in [7, 11) is 0. The van der Waals surface area contributed by atoms with Gasteiger partial charge in [-0.2, -0.15) is 0 Å². The number of likely N-dealkylation sites (tertiary alicyclic amines) is 1. The number of piperidine rings is 1. The van der Waals surface area contributed by atoms with Crippen LogP contribution in [0.4, 0.5) is 0 Å². The first kappa shape index (κ1) is 12.4. The van der Waals surface area contributed by atoms with E-state index < -0.39 is 0 Å². The summed E-state index contributed by atoms with van der Waals surface area (Å²) >= 11 is 3.27. The van der Waals surface area contributed by atoms with Gasteiger partial charge in [-0.05, 0) is 25.8 Å². The smallest absolute Gasteiger partial charge is 0.0763 e. The molecule has 4 heteroatoms. The first-order valence-corrected chi connectivity index (χ1v) is 6.49. The van der Waals surface area contributed by atoms with Gasteiger partial charge in [0.2, 0.25) is 0 Å². The molecule has 2 atom stereocenters. The molecule has 0 aromatic rings. The molecule has 0 aromatic heterocycles. The average Bonchev–Trinajstić information content (AvgIpc) is 2.21. The van der Waals surface area contributed by atoms with Crippen LogP contribution in [0.2, 0.25) is 0 Å². The topological polar surface area (TPSA) is 43.7 Å². The summed E-state index contributed by atoms with van der Waals surface area (Å²) in [5.41, 5.74) is 0. The fraction of sp³-hybridized carbons (Fsp3) is 1.00. The molecule has 1 fully saturated rings. The third-order valence-electron chi connectivity index (χ3n) is 2.83. The van der Waals surface area contributed by atoms with Crippen LogP contribution in [0.5, 0.6) is 0 Å². The van der Waals surface area contributed by atoms with E-state index in [2.05, 4.69) is 20.8 Å². The fourth-order valence-electron chi connectivity index (χ4n) is 2.10. The van der Waals surface area contributed by atoms with E-state index in [0.717, 1.165) is 25.9 Å². The standard InChI is InChI=1S/C10H20BrNO2/c11-7-10(14)8-12-5-2-1-3-9(12)4-6-13/h9-10,13-14H,1-8H2. The molecule has 1 rings (SSSR count). The Labute approximate surface area is 94.2 Å². The lowest BCUT2D eigenvalue weighted by molar-refractivity contribution is 0.0669. The van der Waals surface area contributed by atoms with Gasteiger partial charge in [-0.3, -0.25) is 4.90 Å². The van der Waals surface area contributed by atoms with Gasteiger partial charge in [-0.1, -0.05) is 22.4 Å². The Morgan fingerprint density at radius 2 is 2.21 bits per heavy atom. The number of alkyl halides is 1. The molecule has 1 heterocycles. The van der Waals surface area contributed by atoms with Crippen LogP contribution in [-0.4, -0.2) is 52.3 Å². The van der Waals surface area contributed by atoms with E-state index in [1.165, 1.54) is 12.8 Å². The number of aliphatic hydroxyl groups excluding tert-OH is 2. The van der Waals surface area contributed by atoms with Crippen molar-refractivity contribution in [1.29, 1.82) is 0 Å². The highest BCUT2D eigenvalue weighted by atomic mass is 79.9. The number of halogens is 1. The van der Waals surface area contributed by atoms with Gasteiger partial charge >= 0.3 is 0 Å². The molecule has 2 unspecified atom stereocenters. The Kier molecular flexibility index (Phi) is 6.01. The first-order chi connectivity index (χ1) is 6.77. The highest BCUT2D eigenvalue weighted by molar-refractivity contribution is 9.09. The monoisotopic (exact) mass is 265 g/mol. The predicted molar refractivity (Wildman–Crippen MR) is 60.7 cm³/mol. The van der Waals surface area contributed by atoms with E-state index in [4.69, 9.17) is 5.11 Å². The summed E-state index contributed by atoms with van der Waals surface area (Å²) in [6.07, 6.45) is 4.20. The van der Waals surface area contributed by atoms with E-state index in [1.807, 2.05) is 0 Å². The van der Waals surface area contributed by atoms with Crippen LogP contribution in [0.15, 0.2) is 0 Å². The molecule has 2 N–H and O–H groups in total. The number of rotatable bonds is 5. The summed E-state index contributed by atoms with van der Waals surface area (Å²) in [4.78, 5) is 2.31. The number of β-amino-alcohol motifs (C(OH)–C–C–N with tert-alkyl or cyclic N) is 1. The second-order valence-electron chi connectivity index (χ2n) is 3.96. The van der Waals surface area contributed by atoms with Crippen molar-refractivity contribution in [3.63, 3.8) is 0 Å². The Morgan fingerprint density at radius 1 is 1.43 bits per heavy atom. The zero-order chi connectivity index (χ0) is 10.4. The maximum atomic E-state index is 9.55. The fourth-order valence-corrected chi connectivity index (χ4v) is 2.30. The quantitative estimate of drug-likeness (QED) is 0.729. The van der Waals surface area contributed by atoms with Gasteiger partial charge in [0.25, 0.3) is 0 Å². The van der Waals surface area contributed by atoms with Crippen molar-refractivity contribution in [3.8, 4) is 0 Å². The zero-order valence-electron chi connectivity index (χ0n) is 8.53. The average molecular weight is 266 g/mol. The number of hydrogen-bond donors (Lipinski definition) is 2. The van der Waals surface area contributed by atoms with Crippen molar-refractivity contribution < 1.29 is 10.2 Å². The van der Waals surface area contributed by atoms with Gasteiger partial charge < -0.3 is 10.2 Å². The molecular formula is C10H20BrNO2. The molecule has 14 heavy (non-hydrogen) atoms. The SMILES string of the molecule is OCCC1CCCCN1CC(O)CBr. The van der Waals surface area contributed by atoms with Crippen LogP contribution in [-0.2, 0) is 0 Å². The minimum Gasteiger partial charge on any atom is -0.396 e. The van der Waals surface area contributed by atoms with E-state index in [1.54, 1.807) is 0 Å². The van der Waals surface area contributed by atoms with Crippen molar-refractivity contribution in [2.45, 2.75) is 37.8 Å². The molecular weight excluding hydrogens is 246 g/mol. The van der Waals surface area contributed by atoms with Crippen molar-refractivity contribution in [1.82, 2.24) is 4.90 Å². The number of hydrogen-bond acceptors (Lipinski definition) is 3. The van der Waals surface area contributed by atoms with Crippen molar-refractivity contribution >= 4 is 15.9 Å². The lowest BCUT2D eigenvalue weighted by Crippen LogP contribution is -2.44. The predicted octanol–water partition coefficient (Wildman–Crippen LogP) is 0.979. The highest BCUT2D eigenvalue weighted by Gasteiger charge is 2.23. The minimum atomic E-state index is -0.283. The maximum absolute atomic E-state index is 9.55. The summed E-state index contributed by atoms with van der Waals surface area (Å²) in [5, 5.41) is 19.1. The molecule has 1 aliphatic rings. The minimum absolute atomic E-state index is 0.256. The van der Waals surface area contributed by atoms with E-state index >= 15 is 0 Å². The molecule has 0 aliphatic carbocycles. The largest absolute Gasteiger partial charge is 0.396 e. The van der Waals surface area contributed by atoms with Crippen LogP contribution < -0.4 is 0 Å². The molecule has 1 saturated heterocycles. The molecule has 1 aliphatic heterocycles. The number of aliphatic hydroxyl groups is 2. The van der Waals surface area contributed by atoms with Gasteiger partial charge in [-0.15, -0.1) is 0 Å². The van der Waals surface area contributed by atoms with E-state index in [-0.39, 0.29) is 12.7 Å². The van der Waals surface area contributed by atoms with Gasteiger partial charge in [0.15, 0.2) is 0 Å². The second-order valence-corrected chi connectivity index (χ2v) is 4.61. The Balaban J connectivity index is 2.37. The summed E-state index contributed by atoms with van der Waals surface area (Å²) < 4.78 is 0. The van der Waals surface area contributed by atoms with Crippen molar-refractivity contribution in [3.05, 3.63) is 0 Å². The molecule has 84 valence electrons. The maximum Gasteiger partial charge on any atom is 0.0763 e. The van der Waals surface area contributed by atoms with Crippen LogP contribution in [0.1, 0.15) is 25.7 Å². The highest BCUT2D eigenvalue weighted by Crippen LogP contribution is 2.19. The lowest BCUT2D eigenvalue weighted by Gasteiger charge is -2.36. The van der Waals surface area contributed by atoms with Gasteiger partial charge in [0.05, 0.1) is 6.10 Å². The lowest BCUT2D eigenvalue weighted by atomic mass is 9.99. The summed E-state index contributed by atoms with van der Waals surface area (Å²) in [6, 6.07) is 0.474. The summed E-state index contributed by atoms with van der Waals surface area (Å²) in [5.74, 6) is 0. The summed E-state index contributed by atoms with van der Waals surface area (Å²) in [6.45, 7) is 2.05. The Bertz CT molecular complexity index is 155. The van der Waals surface area contributed by atoms with Crippen LogP contribution >= 0.6 is 15.9 Å². The zero-order valence-corrected chi connectivity index (χ0v) is 10.1. The van der Waals surface area contributed by atoms with E-state index in [0.29, 0.717) is 11.4 Å². The van der Waals surface area contributed by atoms with Crippen molar-refractivity contribution in [2.75, 3.05) is 25.0 Å². The molecule has 3 nitrogen and oxygen atoms in total. The van der Waals surface area contributed by atoms with Crippen molar-refractivity contribution in [2.24, 2.45) is 0 Å². The second kappa shape index (κ2) is 6.77. The van der Waals surface area contributed by atoms with Crippen LogP contribution in [0.3, 0.4) is 0 Å². The molecule has 0 saturated carbocycles. The van der Waals surface area contributed by atoms with Gasteiger partial charge in [0, 0.05) is 24.5 Å². The normalized spacial score (nSPS) is 26.4. The molecule has 0 aromatic carbocycles. The third-order valence-corrected chi connectivity index (χ3v) is 3.58. The van der Waals surface area contributed by atoms with Gasteiger partial charge in [0.1, 0.15) is 0 Å². The molecule has 0 spiro atoms. The van der Waals surface area contributed by atoms with Gasteiger partial charge in [-0.25, -0.2) is 0 Å². The Morgan fingerprint density at radius 3 is 2.86 bits per heavy atom. The number of nitrogens with zero attached hydrogens (tertiary/aromatic N) is 1. The Hall–Kier alpha value is 0.360. The van der Waals surface area contributed by atoms with E-state index in [9.17, 15) is 5.11 Å². The molecule has 0 radical (unpaired) electrons. The van der Waals surface area contributed by atoms with Crippen LogP contribution in [0, 0.1) is 0 Å². The third kappa shape index (κ3) is 3.85. The molecule has 0 bridgehead atoms. The first-order valence-electron chi connectivity index (χ1n) is 5.37.